The van der Waals surface area contributed by atoms with Crippen LogP contribution in [0, 0.1) is 5.92 Å². The second-order valence-electron chi connectivity index (χ2n) is 5.54. The maximum Gasteiger partial charge on any atom is 0.157 e. The molecule has 4 N–H and O–H groups in total. The van der Waals surface area contributed by atoms with Crippen molar-refractivity contribution >= 4 is 0 Å². The van der Waals surface area contributed by atoms with Crippen LogP contribution < -0.4 is 0 Å². The van der Waals surface area contributed by atoms with E-state index in [2.05, 4.69) is 13.8 Å². The van der Waals surface area contributed by atoms with Gasteiger partial charge in [-0.3, -0.25) is 0 Å². The van der Waals surface area contributed by atoms with E-state index in [1.54, 1.807) is 24.3 Å². The predicted molar refractivity (Wildman–Crippen MR) is 80.8 cm³/mol. The third kappa shape index (κ3) is 3.40. The molecule has 0 spiro atoms. The van der Waals surface area contributed by atoms with E-state index in [-0.39, 0.29) is 34.8 Å². The van der Waals surface area contributed by atoms with Gasteiger partial charge in [0, 0.05) is 0 Å². The zero-order valence-electron chi connectivity index (χ0n) is 12.1. The Kier molecular flexibility index (Phi) is 4.26. The molecule has 21 heavy (non-hydrogen) atoms. The van der Waals surface area contributed by atoms with Crippen molar-refractivity contribution in [3.8, 4) is 23.0 Å². The molecule has 0 aliphatic rings. The lowest BCUT2D eigenvalue weighted by Crippen LogP contribution is -2.09. The highest BCUT2D eigenvalue weighted by Crippen LogP contribution is 2.34. The molecule has 0 aliphatic carbocycles. The fraction of sp³-hybridized carbons (Fsp3) is 0.294. The normalized spacial score (nSPS) is 13.8. The van der Waals surface area contributed by atoms with E-state index >= 15 is 0 Å². The van der Waals surface area contributed by atoms with Crippen molar-refractivity contribution in [2.45, 2.75) is 26.2 Å². The third-order valence-corrected chi connectivity index (χ3v) is 3.98. The summed E-state index contributed by atoms with van der Waals surface area (Å²) in [7, 11) is 0. The van der Waals surface area contributed by atoms with Gasteiger partial charge in [-0.2, -0.15) is 0 Å². The van der Waals surface area contributed by atoms with Gasteiger partial charge in [-0.1, -0.05) is 26.0 Å². The predicted octanol–water partition coefficient (Wildman–Crippen LogP) is 3.49. The van der Waals surface area contributed by atoms with Crippen molar-refractivity contribution in [3.05, 3.63) is 47.5 Å². The van der Waals surface area contributed by atoms with E-state index < -0.39 is 0 Å². The molecule has 0 heterocycles. The van der Waals surface area contributed by atoms with Crippen molar-refractivity contribution in [1.29, 1.82) is 0 Å². The van der Waals surface area contributed by atoms with Crippen LogP contribution >= 0.6 is 0 Å². The Morgan fingerprint density at radius 2 is 1.33 bits per heavy atom. The van der Waals surface area contributed by atoms with Gasteiger partial charge >= 0.3 is 0 Å². The Morgan fingerprint density at radius 3 is 1.90 bits per heavy atom. The van der Waals surface area contributed by atoms with Gasteiger partial charge in [0.2, 0.25) is 0 Å². The summed E-state index contributed by atoms with van der Waals surface area (Å²) in [6.45, 7) is 4.13. The number of hydrogen-bond donors (Lipinski definition) is 4. The van der Waals surface area contributed by atoms with Gasteiger partial charge in [0.15, 0.2) is 23.0 Å². The first-order valence-electron chi connectivity index (χ1n) is 6.91. The topological polar surface area (TPSA) is 80.9 Å². The number of rotatable bonds is 4. The SMILES string of the molecule is C[C@H](Cc1ccc(O)c(O)c1)[C@@H](C)c1ccc(O)c(O)c1. The monoisotopic (exact) mass is 288 g/mol. The highest BCUT2D eigenvalue weighted by molar-refractivity contribution is 5.42. The minimum Gasteiger partial charge on any atom is -0.504 e. The first-order valence-corrected chi connectivity index (χ1v) is 6.91. The van der Waals surface area contributed by atoms with E-state index in [4.69, 9.17) is 0 Å². The summed E-state index contributed by atoms with van der Waals surface area (Å²) < 4.78 is 0. The number of phenols is 4. The zero-order valence-corrected chi connectivity index (χ0v) is 12.1. The summed E-state index contributed by atoms with van der Waals surface area (Å²) in [5.41, 5.74) is 1.88. The Bertz CT molecular complexity index is 637. The van der Waals surface area contributed by atoms with Gasteiger partial charge in [-0.25, -0.2) is 0 Å². The third-order valence-electron chi connectivity index (χ3n) is 3.98. The van der Waals surface area contributed by atoms with Gasteiger partial charge in [-0.05, 0) is 53.6 Å². The molecule has 4 nitrogen and oxygen atoms in total. The van der Waals surface area contributed by atoms with E-state index in [1.165, 1.54) is 12.1 Å². The molecule has 2 aromatic carbocycles. The second-order valence-corrected chi connectivity index (χ2v) is 5.54. The maximum absolute atomic E-state index is 9.58. The number of phenolic OH excluding ortho intramolecular Hbond substituents is 4. The van der Waals surface area contributed by atoms with Crippen LogP contribution in [0.5, 0.6) is 23.0 Å². The van der Waals surface area contributed by atoms with E-state index in [0.717, 1.165) is 17.5 Å². The first-order chi connectivity index (χ1) is 9.88. The van der Waals surface area contributed by atoms with Crippen LogP contribution in [-0.2, 0) is 6.42 Å². The molecule has 0 aliphatic heterocycles. The van der Waals surface area contributed by atoms with Crippen LogP contribution in [0.2, 0.25) is 0 Å². The molecule has 4 heteroatoms. The molecule has 0 aromatic heterocycles. The van der Waals surface area contributed by atoms with Gasteiger partial charge in [0.1, 0.15) is 0 Å². The van der Waals surface area contributed by atoms with Crippen LogP contribution in [-0.4, -0.2) is 20.4 Å². The lowest BCUT2D eigenvalue weighted by atomic mass is 9.84. The summed E-state index contributed by atoms with van der Waals surface area (Å²) >= 11 is 0. The molecule has 2 aromatic rings. The van der Waals surface area contributed by atoms with Crippen LogP contribution in [0.1, 0.15) is 30.9 Å². The summed E-state index contributed by atoms with van der Waals surface area (Å²) in [6, 6.07) is 9.68. The minimum absolute atomic E-state index is 0.116. The molecule has 112 valence electrons. The Hall–Kier alpha value is -2.36. The summed E-state index contributed by atoms with van der Waals surface area (Å²) in [4.78, 5) is 0. The average Bonchev–Trinajstić information content (AvgIpc) is 2.45. The van der Waals surface area contributed by atoms with Crippen molar-refractivity contribution in [3.63, 3.8) is 0 Å². The molecule has 0 unspecified atom stereocenters. The van der Waals surface area contributed by atoms with Crippen molar-refractivity contribution in [2.24, 2.45) is 5.92 Å². The molecule has 0 fully saturated rings. The largest absolute Gasteiger partial charge is 0.504 e. The van der Waals surface area contributed by atoms with Crippen LogP contribution in [0.4, 0.5) is 0 Å². The smallest absolute Gasteiger partial charge is 0.157 e. The standard InChI is InChI=1S/C17H20O4/c1-10(7-12-3-5-14(18)16(20)8-12)11(2)13-4-6-15(19)17(21)9-13/h3-6,8-11,18-21H,7H2,1-2H3/t10-,11-/m1/s1. The number of aromatic hydroxyl groups is 4. The fourth-order valence-electron chi connectivity index (χ4n) is 2.40. The molecule has 0 radical (unpaired) electrons. The lowest BCUT2D eigenvalue weighted by molar-refractivity contribution is 0.399. The number of benzene rings is 2. The highest BCUT2D eigenvalue weighted by atomic mass is 16.3. The van der Waals surface area contributed by atoms with E-state index in [0.29, 0.717) is 0 Å². The van der Waals surface area contributed by atoms with Gasteiger partial charge in [-0.15, -0.1) is 0 Å². The quantitative estimate of drug-likeness (QED) is 0.649. The van der Waals surface area contributed by atoms with Crippen molar-refractivity contribution in [1.82, 2.24) is 0 Å². The molecule has 0 amide bonds. The zero-order chi connectivity index (χ0) is 15.6. The van der Waals surface area contributed by atoms with Crippen molar-refractivity contribution < 1.29 is 20.4 Å². The van der Waals surface area contributed by atoms with Crippen LogP contribution in [0.25, 0.3) is 0 Å². The van der Waals surface area contributed by atoms with Crippen LogP contribution in [0.3, 0.4) is 0 Å². The van der Waals surface area contributed by atoms with Gasteiger partial charge in [0.05, 0.1) is 0 Å². The number of hydrogen-bond acceptors (Lipinski definition) is 4. The van der Waals surface area contributed by atoms with Crippen LogP contribution in [0.15, 0.2) is 36.4 Å². The molecular weight excluding hydrogens is 268 g/mol. The summed E-state index contributed by atoms with van der Waals surface area (Å²) in [5, 5.41) is 37.8. The highest BCUT2D eigenvalue weighted by Gasteiger charge is 2.17. The molecule has 0 saturated heterocycles. The summed E-state index contributed by atoms with van der Waals surface area (Å²) in [5.74, 6) is -0.0428. The van der Waals surface area contributed by atoms with Crippen molar-refractivity contribution in [2.75, 3.05) is 0 Å². The van der Waals surface area contributed by atoms with E-state index in [1.807, 2.05) is 0 Å². The first kappa shape index (κ1) is 15.0. The fourth-order valence-corrected chi connectivity index (χ4v) is 2.40. The molecule has 0 bridgehead atoms. The average molecular weight is 288 g/mol. The lowest BCUT2D eigenvalue weighted by Gasteiger charge is -2.21. The second kappa shape index (κ2) is 5.95. The maximum atomic E-state index is 9.58. The molecule has 2 atom stereocenters. The minimum atomic E-state index is -0.123. The molecule has 2 rings (SSSR count). The molecular formula is C17H20O4. The summed E-state index contributed by atoms with van der Waals surface area (Å²) in [6.07, 6.45) is 0.733. The molecule has 0 saturated carbocycles. The Morgan fingerprint density at radius 1 is 0.762 bits per heavy atom. The Balaban J connectivity index is 2.13. The van der Waals surface area contributed by atoms with Gasteiger partial charge in [0.25, 0.3) is 0 Å². The van der Waals surface area contributed by atoms with Gasteiger partial charge < -0.3 is 20.4 Å². The Labute approximate surface area is 123 Å². The van der Waals surface area contributed by atoms with E-state index in [9.17, 15) is 20.4 Å².